The van der Waals surface area contributed by atoms with E-state index >= 15 is 0 Å². The van der Waals surface area contributed by atoms with Gasteiger partial charge in [-0.05, 0) is 26.2 Å². The number of aromatic hydroxyl groups is 1. The van der Waals surface area contributed by atoms with Crippen molar-refractivity contribution in [1.29, 1.82) is 0 Å². The second-order valence-corrected chi connectivity index (χ2v) is 6.23. The molecule has 0 aromatic heterocycles. The molecule has 1 aliphatic rings. The van der Waals surface area contributed by atoms with Crippen LogP contribution in [0.15, 0.2) is 12.1 Å². The molecule has 1 aromatic rings. The van der Waals surface area contributed by atoms with Gasteiger partial charge in [-0.1, -0.05) is 23.2 Å². The maximum absolute atomic E-state index is 12.2. The van der Waals surface area contributed by atoms with Crippen LogP contribution in [0.1, 0.15) is 10.4 Å². The molecule has 5 nitrogen and oxygen atoms in total. The van der Waals surface area contributed by atoms with Crippen molar-refractivity contribution in [2.24, 2.45) is 0 Å². The first kappa shape index (κ1) is 16.4. The van der Waals surface area contributed by atoms with Crippen LogP contribution in [0.2, 0.25) is 10.0 Å². The van der Waals surface area contributed by atoms with Crippen LogP contribution in [0.5, 0.6) is 5.75 Å². The number of carbonyl (C=O) groups excluding carboxylic acids is 1. The summed E-state index contributed by atoms with van der Waals surface area (Å²) in [4.78, 5) is 16.6. The van der Waals surface area contributed by atoms with Crippen molar-refractivity contribution in [2.45, 2.75) is 6.04 Å². The lowest BCUT2D eigenvalue weighted by Gasteiger charge is -2.37. The van der Waals surface area contributed by atoms with Crippen LogP contribution >= 0.6 is 23.2 Å². The highest BCUT2D eigenvalue weighted by Gasteiger charge is 2.24. The zero-order valence-corrected chi connectivity index (χ0v) is 13.6. The highest BCUT2D eigenvalue weighted by Crippen LogP contribution is 2.29. The summed E-state index contributed by atoms with van der Waals surface area (Å²) in [6, 6.07) is 2.99. The minimum absolute atomic E-state index is 0.0629. The highest BCUT2D eigenvalue weighted by molar-refractivity contribution is 6.37. The zero-order chi connectivity index (χ0) is 15.6. The molecule has 7 heteroatoms. The second kappa shape index (κ2) is 6.83. The lowest BCUT2D eigenvalue weighted by molar-refractivity contribution is 0.0879. The molecule has 2 N–H and O–H groups in total. The zero-order valence-electron chi connectivity index (χ0n) is 12.1. The predicted molar refractivity (Wildman–Crippen MR) is 84.4 cm³/mol. The Labute approximate surface area is 134 Å². The van der Waals surface area contributed by atoms with Gasteiger partial charge in [0.2, 0.25) is 0 Å². The molecule has 1 aromatic carbocycles. The summed E-state index contributed by atoms with van der Waals surface area (Å²) in [5.74, 6) is -0.602. The molecule has 1 fully saturated rings. The lowest BCUT2D eigenvalue weighted by atomic mass is 10.1. The Morgan fingerprint density at radius 2 is 2.10 bits per heavy atom. The van der Waals surface area contributed by atoms with Crippen molar-refractivity contribution in [3.8, 4) is 5.75 Å². The number of carbonyl (C=O) groups is 1. The fourth-order valence-corrected chi connectivity index (χ4v) is 2.97. The van der Waals surface area contributed by atoms with E-state index in [0.29, 0.717) is 11.6 Å². The largest absolute Gasteiger partial charge is 0.507 e. The first-order valence-electron chi connectivity index (χ1n) is 6.73. The van der Waals surface area contributed by atoms with E-state index in [4.69, 9.17) is 23.2 Å². The van der Waals surface area contributed by atoms with E-state index in [1.165, 1.54) is 12.1 Å². The fourth-order valence-electron chi connectivity index (χ4n) is 2.41. The molecule has 0 radical (unpaired) electrons. The van der Waals surface area contributed by atoms with Gasteiger partial charge in [0.15, 0.2) is 0 Å². The Hall–Kier alpha value is -1.01. The summed E-state index contributed by atoms with van der Waals surface area (Å²) >= 11 is 11.8. The number of rotatable bonds is 3. The topological polar surface area (TPSA) is 55.8 Å². The van der Waals surface area contributed by atoms with Crippen LogP contribution < -0.4 is 5.32 Å². The molecular weight excluding hydrogens is 313 g/mol. The SMILES string of the molecule is CN1CCN(C)C(CNC(=O)c2c(O)cc(Cl)cc2Cl)C1. The Morgan fingerprint density at radius 1 is 1.38 bits per heavy atom. The molecule has 1 unspecified atom stereocenters. The molecule has 1 saturated heterocycles. The number of nitrogens with zero attached hydrogens (tertiary/aromatic N) is 2. The first-order chi connectivity index (χ1) is 9.88. The van der Waals surface area contributed by atoms with E-state index in [-0.39, 0.29) is 22.4 Å². The van der Waals surface area contributed by atoms with E-state index in [1.807, 2.05) is 7.05 Å². The van der Waals surface area contributed by atoms with Crippen molar-refractivity contribution in [3.05, 3.63) is 27.7 Å². The van der Waals surface area contributed by atoms with Crippen LogP contribution in [0.3, 0.4) is 0 Å². The van der Waals surface area contributed by atoms with E-state index < -0.39 is 5.91 Å². The van der Waals surface area contributed by atoms with Gasteiger partial charge < -0.3 is 15.3 Å². The second-order valence-electron chi connectivity index (χ2n) is 5.39. The lowest BCUT2D eigenvalue weighted by Crippen LogP contribution is -2.54. The number of halogens is 2. The Kier molecular flexibility index (Phi) is 5.32. The molecule has 1 amide bonds. The van der Waals surface area contributed by atoms with Crippen LogP contribution in [-0.2, 0) is 0 Å². The number of hydrogen-bond acceptors (Lipinski definition) is 4. The molecule has 21 heavy (non-hydrogen) atoms. The summed E-state index contributed by atoms with van der Waals surface area (Å²) in [7, 11) is 4.10. The maximum Gasteiger partial charge on any atom is 0.256 e. The van der Waals surface area contributed by atoms with Crippen molar-refractivity contribution in [2.75, 3.05) is 40.3 Å². The third kappa shape index (κ3) is 4.01. The molecule has 2 rings (SSSR count). The quantitative estimate of drug-likeness (QED) is 0.884. The first-order valence-corrected chi connectivity index (χ1v) is 7.49. The van der Waals surface area contributed by atoms with Gasteiger partial charge in [0.1, 0.15) is 5.75 Å². The summed E-state index contributed by atoms with van der Waals surface area (Å²) in [6.45, 7) is 3.36. The van der Waals surface area contributed by atoms with E-state index in [9.17, 15) is 9.90 Å². The minimum Gasteiger partial charge on any atom is -0.507 e. The number of likely N-dealkylation sites (N-methyl/N-ethyl adjacent to an activating group) is 2. The monoisotopic (exact) mass is 331 g/mol. The number of piperazine rings is 1. The number of nitrogens with one attached hydrogen (secondary N) is 1. The van der Waals surface area contributed by atoms with Gasteiger partial charge in [0.25, 0.3) is 5.91 Å². The summed E-state index contributed by atoms with van der Waals surface area (Å²) in [5.41, 5.74) is 0.0629. The Bertz CT molecular complexity index is 516. The third-order valence-corrected chi connectivity index (χ3v) is 4.26. The molecule has 0 saturated carbocycles. The molecule has 1 atom stereocenters. The van der Waals surface area contributed by atoms with E-state index in [1.54, 1.807) is 0 Å². The average molecular weight is 332 g/mol. The molecule has 0 bridgehead atoms. The van der Waals surface area contributed by atoms with Crippen molar-refractivity contribution >= 4 is 29.1 Å². The fraction of sp³-hybridized carbons (Fsp3) is 0.500. The van der Waals surface area contributed by atoms with Crippen molar-refractivity contribution in [3.63, 3.8) is 0 Å². The van der Waals surface area contributed by atoms with Gasteiger partial charge in [-0.15, -0.1) is 0 Å². The van der Waals surface area contributed by atoms with Gasteiger partial charge in [-0.2, -0.15) is 0 Å². The molecular formula is C14H19Cl2N3O2. The average Bonchev–Trinajstić information content (AvgIpc) is 2.38. The molecule has 1 aliphatic heterocycles. The van der Waals surface area contributed by atoms with Crippen LogP contribution in [-0.4, -0.2) is 67.1 Å². The normalized spacial score (nSPS) is 20.5. The number of amides is 1. The predicted octanol–water partition coefficient (Wildman–Crippen LogP) is 1.67. The van der Waals surface area contributed by atoms with Crippen LogP contribution in [0, 0.1) is 0 Å². The summed E-state index contributed by atoms with van der Waals surface area (Å²) in [6.07, 6.45) is 0. The Morgan fingerprint density at radius 3 is 2.76 bits per heavy atom. The van der Waals surface area contributed by atoms with Crippen LogP contribution in [0.4, 0.5) is 0 Å². The molecule has 0 aliphatic carbocycles. The Balaban J connectivity index is 2.02. The third-order valence-electron chi connectivity index (χ3n) is 3.74. The van der Waals surface area contributed by atoms with Crippen molar-refractivity contribution in [1.82, 2.24) is 15.1 Å². The van der Waals surface area contributed by atoms with Gasteiger partial charge in [0, 0.05) is 37.2 Å². The van der Waals surface area contributed by atoms with Crippen molar-refractivity contribution < 1.29 is 9.90 Å². The number of phenols is 1. The molecule has 0 spiro atoms. The molecule has 1 heterocycles. The molecule has 116 valence electrons. The summed E-state index contributed by atoms with van der Waals surface area (Å²) < 4.78 is 0. The summed E-state index contributed by atoms with van der Waals surface area (Å²) in [5, 5.41) is 13.1. The van der Waals surface area contributed by atoms with Gasteiger partial charge >= 0.3 is 0 Å². The number of benzene rings is 1. The highest BCUT2D eigenvalue weighted by atomic mass is 35.5. The number of phenolic OH excluding ortho intramolecular Hbond substituents is 1. The minimum atomic E-state index is -0.393. The smallest absolute Gasteiger partial charge is 0.256 e. The van der Waals surface area contributed by atoms with E-state index in [0.717, 1.165) is 19.6 Å². The number of hydrogen-bond donors (Lipinski definition) is 2. The van der Waals surface area contributed by atoms with Gasteiger partial charge in [0.05, 0.1) is 10.6 Å². The van der Waals surface area contributed by atoms with Gasteiger partial charge in [-0.3, -0.25) is 9.69 Å². The standard InChI is InChI=1S/C14H19Cl2N3O2/c1-18-3-4-19(2)10(8-18)7-17-14(21)13-11(16)5-9(15)6-12(13)20/h5-6,10,20H,3-4,7-8H2,1-2H3,(H,17,21). The van der Waals surface area contributed by atoms with Gasteiger partial charge in [-0.25, -0.2) is 0 Å². The van der Waals surface area contributed by atoms with Crippen LogP contribution in [0.25, 0.3) is 0 Å². The maximum atomic E-state index is 12.2. The van der Waals surface area contributed by atoms with E-state index in [2.05, 4.69) is 22.2 Å².